The first-order valence-corrected chi connectivity index (χ1v) is 9.24. The Balaban J connectivity index is 0.00000300. The van der Waals surface area contributed by atoms with E-state index in [1.165, 1.54) is 12.1 Å². The van der Waals surface area contributed by atoms with E-state index in [0.717, 1.165) is 5.56 Å². The van der Waals surface area contributed by atoms with Crippen LogP contribution in [0.4, 0.5) is 10.1 Å². The molecule has 0 saturated carbocycles. The lowest BCUT2D eigenvalue weighted by atomic mass is 9.79. The van der Waals surface area contributed by atoms with Gasteiger partial charge in [-0.2, -0.15) is 0 Å². The number of hydrogen-bond acceptors (Lipinski definition) is 4. The third-order valence-electron chi connectivity index (χ3n) is 5.09. The molecule has 6 nitrogen and oxygen atoms in total. The van der Waals surface area contributed by atoms with Gasteiger partial charge in [-0.1, -0.05) is 12.1 Å². The zero-order valence-electron chi connectivity index (χ0n) is 15.9. The lowest BCUT2D eigenvalue weighted by Gasteiger charge is -2.34. The maximum atomic E-state index is 12.9. The molecule has 1 heterocycles. The number of rotatable bonds is 6. The number of benzene rings is 2. The summed E-state index contributed by atoms with van der Waals surface area (Å²) < 4.78 is 18.2. The number of ether oxygens (including phenoxy) is 1. The van der Waals surface area contributed by atoms with Gasteiger partial charge in [0.1, 0.15) is 5.82 Å². The highest BCUT2D eigenvalue weighted by atomic mass is 35.5. The molecular formula is C21H25ClFN3O3. The summed E-state index contributed by atoms with van der Waals surface area (Å²) in [5, 5.41) is 5.67. The Labute approximate surface area is 175 Å². The third-order valence-corrected chi connectivity index (χ3v) is 5.09. The molecular weight excluding hydrogens is 397 g/mol. The highest BCUT2D eigenvalue weighted by Crippen LogP contribution is 2.30. The second kappa shape index (κ2) is 10.3. The summed E-state index contributed by atoms with van der Waals surface area (Å²) in [4.78, 5) is 24.9. The summed E-state index contributed by atoms with van der Waals surface area (Å²) in [5.41, 5.74) is 7.14. The highest BCUT2D eigenvalue weighted by Gasteiger charge is 2.38. The van der Waals surface area contributed by atoms with Gasteiger partial charge < -0.3 is 21.1 Å². The molecule has 0 radical (unpaired) electrons. The van der Waals surface area contributed by atoms with E-state index in [-0.39, 0.29) is 36.6 Å². The van der Waals surface area contributed by atoms with Crippen molar-refractivity contribution >= 4 is 29.9 Å². The van der Waals surface area contributed by atoms with Crippen molar-refractivity contribution in [1.29, 1.82) is 0 Å². The summed E-state index contributed by atoms with van der Waals surface area (Å²) >= 11 is 0. The molecule has 2 aromatic rings. The van der Waals surface area contributed by atoms with E-state index >= 15 is 0 Å². The number of nitrogens with one attached hydrogen (secondary N) is 2. The predicted octanol–water partition coefficient (Wildman–Crippen LogP) is 2.87. The molecule has 1 saturated heterocycles. The van der Waals surface area contributed by atoms with Gasteiger partial charge in [0.25, 0.3) is 5.91 Å². The zero-order valence-corrected chi connectivity index (χ0v) is 16.8. The Hall–Kier alpha value is -2.48. The van der Waals surface area contributed by atoms with Crippen LogP contribution in [0.2, 0.25) is 0 Å². The lowest BCUT2D eigenvalue weighted by Crippen LogP contribution is -2.46. The minimum absolute atomic E-state index is 0. The highest BCUT2D eigenvalue weighted by molar-refractivity contribution is 5.97. The fourth-order valence-electron chi connectivity index (χ4n) is 3.14. The molecule has 0 bridgehead atoms. The Morgan fingerprint density at radius 1 is 1.03 bits per heavy atom. The third kappa shape index (κ3) is 5.76. The Morgan fingerprint density at radius 2 is 1.66 bits per heavy atom. The number of anilines is 1. The van der Waals surface area contributed by atoms with Crippen molar-refractivity contribution in [2.24, 2.45) is 11.1 Å². The van der Waals surface area contributed by atoms with Crippen molar-refractivity contribution in [3.05, 3.63) is 65.5 Å². The number of amides is 2. The van der Waals surface area contributed by atoms with Crippen LogP contribution in [-0.2, 0) is 16.1 Å². The van der Waals surface area contributed by atoms with E-state index in [9.17, 15) is 14.0 Å². The molecule has 0 unspecified atom stereocenters. The summed E-state index contributed by atoms with van der Waals surface area (Å²) in [6.07, 6.45) is 1.19. The number of carbonyl (C=O) groups is 2. The van der Waals surface area contributed by atoms with E-state index < -0.39 is 5.41 Å². The van der Waals surface area contributed by atoms with Crippen LogP contribution in [0.15, 0.2) is 48.5 Å². The number of carbonyl (C=O) groups excluding carboxylic acids is 2. The molecule has 0 aromatic heterocycles. The van der Waals surface area contributed by atoms with Gasteiger partial charge in [-0.15, -0.1) is 12.4 Å². The summed E-state index contributed by atoms with van der Waals surface area (Å²) in [6, 6.07) is 12.6. The predicted molar refractivity (Wildman–Crippen MR) is 111 cm³/mol. The van der Waals surface area contributed by atoms with Crippen LogP contribution in [0.3, 0.4) is 0 Å². The molecule has 2 amide bonds. The first kappa shape index (κ1) is 22.8. The molecule has 8 heteroatoms. The van der Waals surface area contributed by atoms with Crippen LogP contribution >= 0.6 is 12.4 Å². The van der Waals surface area contributed by atoms with Gasteiger partial charge in [0.05, 0.1) is 5.41 Å². The maximum absolute atomic E-state index is 12.9. The van der Waals surface area contributed by atoms with Gasteiger partial charge in [-0.05, 0) is 54.8 Å². The van der Waals surface area contributed by atoms with Crippen molar-refractivity contribution < 1.29 is 18.7 Å². The molecule has 29 heavy (non-hydrogen) atoms. The van der Waals surface area contributed by atoms with Gasteiger partial charge in [-0.25, -0.2) is 4.39 Å². The Morgan fingerprint density at radius 3 is 2.24 bits per heavy atom. The van der Waals surface area contributed by atoms with E-state index in [4.69, 9.17) is 10.5 Å². The second-order valence-corrected chi connectivity index (χ2v) is 6.94. The quantitative estimate of drug-likeness (QED) is 0.668. The zero-order chi connectivity index (χ0) is 20.0. The monoisotopic (exact) mass is 421 g/mol. The lowest BCUT2D eigenvalue weighted by molar-refractivity contribution is -0.130. The SMILES string of the molecule is Cl.NCC1(C(=O)Nc2ccc(C(=O)NCc3ccc(F)cc3)cc2)CCOCC1. The van der Waals surface area contributed by atoms with Crippen LogP contribution < -0.4 is 16.4 Å². The van der Waals surface area contributed by atoms with Gasteiger partial charge in [0, 0.05) is 37.6 Å². The van der Waals surface area contributed by atoms with Gasteiger partial charge in [-0.3, -0.25) is 9.59 Å². The molecule has 1 aliphatic heterocycles. The summed E-state index contributed by atoms with van der Waals surface area (Å²) in [6.45, 7) is 1.63. The minimum atomic E-state index is -0.608. The van der Waals surface area contributed by atoms with Crippen LogP contribution in [0, 0.1) is 11.2 Å². The fourth-order valence-corrected chi connectivity index (χ4v) is 3.14. The van der Waals surface area contributed by atoms with Crippen LogP contribution in [0.25, 0.3) is 0 Å². The minimum Gasteiger partial charge on any atom is -0.381 e. The average molecular weight is 422 g/mol. The van der Waals surface area contributed by atoms with E-state index in [0.29, 0.717) is 43.9 Å². The molecule has 1 aliphatic rings. The van der Waals surface area contributed by atoms with E-state index in [2.05, 4.69) is 10.6 Å². The molecule has 1 fully saturated rings. The van der Waals surface area contributed by atoms with Crippen LogP contribution in [0.1, 0.15) is 28.8 Å². The Bertz CT molecular complexity index is 822. The largest absolute Gasteiger partial charge is 0.381 e. The van der Waals surface area contributed by atoms with Crippen molar-refractivity contribution in [3.8, 4) is 0 Å². The van der Waals surface area contributed by atoms with E-state index in [1.54, 1.807) is 36.4 Å². The standard InChI is InChI=1S/C21H24FN3O3.ClH/c22-17-5-1-15(2-6-17)13-24-19(26)16-3-7-18(8-4-16)25-20(27)21(14-23)9-11-28-12-10-21;/h1-8H,9-14,23H2,(H,24,26)(H,25,27);1H. The number of nitrogens with two attached hydrogens (primary N) is 1. The van der Waals surface area contributed by atoms with Crippen molar-refractivity contribution in [1.82, 2.24) is 5.32 Å². The molecule has 0 atom stereocenters. The smallest absolute Gasteiger partial charge is 0.251 e. The molecule has 2 aromatic carbocycles. The van der Waals surface area contributed by atoms with Gasteiger partial charge >= 0.3 is 0 Å². The number of halogens is 2. The van der Waals surface area contributed by atoms with Crippen LogP contribution in [0.5, 0.6) is 0 Å². The average Bonchev–Trinajstić information content (AvgIpc) is 2.74. The molecule has 4 N–H and O–H groups in total. The Kier molecular flexibility index (Phi) is 8.13. The van der Waals surface area contributed by atoms with E-state index in [1.807, 2.05) is 0 Å². The summed E-state index contributed by atoms with van der Waals surface area (Å²) in [5.74, 6) is -0.679. The van der Waals surface area contributed by atoms with Crippen molar-refractivity contribution in [3.63, 3.8) is 0 Å². The second-order valence-electron chi connectivity index (χ2n) is 6.94. The summed E-state index contributed by atoms with van der Waals surface area (Å²) in [7, 11) is 0. The molecule has 3 rings (SSSR count). The topological polar surface area (TPSA) is 93.5 Å². The van der Waals surface area contributed by atoms with Crippen molar-refractivity contribution in [2.45, 2.75) is 19.4 Å². The maximum Gasteiger partial charge on any atom is 0.251 e. The number of hydrogen-bond donors (Lipinski definition) is 3. The first-order chi connectivity index (χ1) is 13.5. The van der Waals surface area contributed by atoms with Crippen molar-refractivity contribution in [2.75, 3.05) is 25.1 Å². The van der Waals surface area contributed by atoms with Crippen LogP contribution in [-0.4, -0.2) is 31.6 Å². The molecule has 0 aliphatic carbocycles. The molecule has 0 spiro atoms. The fraction of sp³-hybridized carbons (Fsp3) is 0.333. The van der Waals surface area contributed by atoms with Gasteiger partial charge in [0.2, 0.25) is 5.91 Å². The van der Waals surface area contributed by atoms with Gasteiger partial charge in [0.15, 0.2) is 0 Å². The normalized spacial score (nSPS) is 15.1. The molecule has 156 valence electrons. The first-order valence-electron chi connectivity index (χ1n) is 9.24.